The van der Waals surface area contributed by atoms with Crippen molar-refractivity contribution in [3.63, 3.8) is 0 Å². The summed E-state index contributed by atoms with van der Waals surface area (Å²) in [6, 6.07) is 14.8. The van der Waals surface area contributed by atoms with Gasteiger partial charge < -0.3 is 4.74 Å². The molecule has 6 nitrogen and oxygen atoms in total. The molecule has 0 saturated carbocycles. The first-order valence-electron chi connectivity index (χ1n) is 7.41. The number of hydrogen-bond donors (Lipinski definition) is 2. The average Bonchev–Trinajstić information content (AvgIpc) is 2.67. The molecule has 0 fully saturated rings. The molecule has 0 radical (unpaired) electrons. The van der Waals surface area contributed by atoms with Crippen LogP contribution in [-0.2, 0) is 38.1 Å². The lowest BCUT2D eigenvalue weighted by Gasteiger charge is -2.31. The second-order valence-electron chi connectivity index (χ2n) is 5.82. The lowest BCUT2D eigenvalue weighted by Crippen LogP contribution is -2.55. The Morgan fingerprint density at radius 2 is 1.67 bits per heavy atom. The van der Waals surface area contributed by atoms with E-state index in [4.69, 9.17) is 9.88 Å². The second-order valence-corrected chi connectivity index (χ2v) is 7.12. The molecule has 0 saturated heterocycles. The van der Waals surface area contributed by atoms with E-state index in [1.54, 1.807) is 12.1 Å². The Labute approximate surface area is 140 Å². The first-order valence-corrected chi connectivity index (χ1v) is 8.95. The van der Waals surface area contributed by atoms with Crippen molar-refractivity contribution < 1.29 is 17.9 Å². The van der Waals surface area contributed by atoms with E-state index in [-0.39, 0.29) is 6.42 Å². The predicted octanol–water partition coefficient (Wildman–Crippen LogP) is 0.995. The minimum absolute atomic E-state index is 0.128. The monoisotopic (exact) mass is 346 g/mol. The number of fused-ring (bicyclic) bond motifs is 2. The van der Waals surface area contributed by atoms with Gasteiger partial charge in [0.1, 0.15) is 0 Å². The Morgan fingerprint density at radius 3 is 2.29 bits per heavy atom. The standard InChI is InChI=1S/C17H18N2O4S/c1-23-16(20)17(19-24(18,21)22)11-14-8-3-2-6-12(14)10-13-7-4-5-9-15(13)17/h2-9,19H,10-11H2,1H3,(H2,18,21,22). The van der Waals surface area contributed by atoms with Gasteiger partial charge in [-0.2, -0.15) is 13.1 Å². The summed E-state index contributed by atoms with van der Waals surface area (Å²) in [7, 11) is -2.92. The minimum Gasteiger partial charge on any atom is -0.467 e. The molecular formula is C17H18N2O4S. The van der Waals surface area contributed by atoms with Crippen LogP contribution in [-0.4, -0.2) is 21.5 Å². The van der Waals surface area contributed by atoms with Gasteiger partial charge in [0.05, 0.1) is 7.11 Å². The Bertz CT molecular complexity index is 895. The third-order valence-corrected chi connectivity index (χ3v) is 4.92. The van der Waals surface area contributed by atoms with Gasteiger partial charge in [0.15, 0.2) is 5.54 Å². The smallest absolute Gasteiger partial charge is 0.332 e. The summed E-state index contributed by atoms with van der Waals surface area (Å²) in [5, 5.41) is 5.23. The summed E-state index contributed by atoms with van der Waals surface area (Å²) in [5.41, 5.74) is 1.72. The zero-order chi connectivity index (χ0) is 17.4. The van der Waals surface area contributed by atoms with Crippen molar-refractivity contribution in [1.82, 2.24) is 4.72 Å². The summed E-state index contributed by atoms with van der Waals surface area (Å²) >= 11 is 0. The molecule has 1 atom stereocenters. The molecule has 2 aromatic rings. The number of esters is 1. The van der Waals surface area contributed by atoms with E-state index in [0.717, 1.165) is 16.7 Å². The SMILES string of the molecule is COC(=O)C1(NS(N)(=O)=O)Cc2ccccc2Cc2ccccc21. The maximum absolute atomic E-state index is 12.7. The van der Waals surface area contributed by atoms with Crippen LogP contribution in [0.2, 0.25) is 0 Å². The van der Waals surface area contributed by atoms with Gasteiger partial charge in [0.2, 0.25) is 0 Å². The Balaban J connectivity index is 2.31. The van der Waals surface area contributed by atoms with Crippen LogP contribution in [0, 0.1) is 0 Å². The van der Waals surface area contributed by atoms with Gasteiger partial charge in [-0.05, 0) is 28.7 Å². The normalized spacial score (nSPS) is 19.8. The summed E-state index contributed by atoms with van der Waals surface area (Å²) in [6.07, 6.45) is 0.723. The third kappa shape index (κ3) is 2.93. The maximum atomic E-state index is 12.7. The number of benzene rings is 2. The zero-order valence-corrected chi connectivity index (χ0v) is 14.0. The van der Waals surface area contributed by atoms with Gasteiger partial charge in [0, 0.05) is 6.42 Å². The van der Waals surface area contributed by atoms with E-state index >= 15 is 0 Å². The highest BCUT2D eigenvalue weighted by molar-refractivity contribution is 7.87. The fourth-order valence-electron chi connectivity index (χ4n) is 3.31. The number of ether oxygens (including phenoxy) is 1. The van der Waals surface area contributed by atoms with Crippen molar-refractivity contribution in [3.05, 3.63) is 70.8 Å². The molecule has 1 aliphatic carbocycles. The maximum Gasteiger partial charge on any atom is 0.332 e. The van der Waals surface area contributed by atoms with Crippen LogP contribution < -0.4 is 9.86 Å². The molecule has 1 aliphatic rings. The second kappa shape index (κ2) is 6.01. The van der Waals surface area contributed by atoms with Gasteiger partial charge >= 0.3 is 5.97 Å². The molecule has 0 aromatic heterocycles. The van der Waals surface area contributed by atoms with Crippen molar-refractivity contribution in [2.45, 2.75) is 18.4 Å². The third-order valence-electron chi connectivity index (χ3n) is 4.28. The lowest BCUT2D eigenvalue weighted by molar-refractivity contribution is -0.148. The van der Waals surface area contributed by atoms with Crippen molar-refractivity contribution >= 4 is 16.2 Å². The van der Waals surface area contributed by atoms with Crippen LogP contribution in [0.3, 0.4) is 0 Å². The van der Waals surface area contributed by atoms with Gasteiger partial charge in [-0.15, -0.1) is 0 Å². The van der Waals surface area contributed by atoms with Crippen LogP contribution >= 0.6 is 0 Å². The number of rotatable bonds is 3. The average molecular weight is 346 g/mol. The largest absolute Gasteiger partial charge is 0.467 e. The molecule has 24 heavy (non-hydrogen) atoms. The van der Waals surface area contributed by atoms with E-state index in [9.17, 15) is 13.2 Å². The lowest BCUT2D eigenvalue weighted by atomic mass is 9.84. The number of nitrogens with one attached hydrogen (secondary N) is 1. The number of nitrogens with two attached hydrogens (primary N) is 1. The molecule has 3 N–H and O–H groups in total. The number of carbonyl (C=O) groups excluding carboxylic acids is 1. The van der Waals surface area contributed by atoms with E-state index in [2.05, 4.69) is 4.72 Å². The van der Waals surface area contributed by atoms with Crippen molar-refractivity contribution in [3.8, 4) is 0 Å². The number of methoxy groups -OCH3 is 1. The molecule has 0 bridgehead atoms. The summed E-state index contributed by atoms with van der Waals surface area (Å²) in [6.45, 7) is 0. The minimum atomic E-state index is -4.15. The van der Waals surface area contributed by atoms with Crippen molar-refractivity contribution in [2.75, 3.05) is 7.11 Å². The van der Waals surface area contributed by atoms with Crippen molar-refractivity contribution in [2.24, 2.45) is 5.14 Å². The highest BCUT2D eigenvalue weighted by Crippen LogP contribution is 2.36. The summed E-state index contributed by atoms with van der Waals surface area (Å²) in [4.78, 5) is 12.7. The number of hydrogen-bond acceptors (Lipinski definition) is 4. The Morgan fingerprint density at radius 1 is 1.08 bits per heavy atom. The quantitative estimate of drug-likeness (QED) is 0.810. The summed E-state index contributed by atoms with van der Waals surface area (Å²) in [5.74, 6) is -0.694. The first-order chi connectivity index (χ1) is 11.4. The highest BCUT2D eigenvalue weighted by atomic mass is 32.2. The van der Waals surface area contributed by atoms with E-state index < -0.39 is 21.7 Å². The van der Waals surface area contributed by atoms with E-state index in [1.807, 2.05) is 36.4 Å². The fourth-order valence-corrected chi connectivity index (χ4v) is 4.06. The Hall–Kier alpha value is -2.22. The molecule has 7 heteroatoms. The van der Waals surface area contributed by atoms with Gasteiger partial charge in [-0.3, -0.25) is 0 Å². The molecule has 3 rings (SSSR count). The topological polar surface area (TPSA) is 98.5 Å². The molecule has 0 heterocycles. The molecule has 0 spiro atoms. The molecule has 2 aromatic carbocycles. The van der Waals surface area contributed by atoms with Crippen molar-refractivity contribution in [1.29, 1.82) is 0 Å². The molecule has 126 valence electrons. The van der Waals surface area contributed by atoms with Crippen LogP contribution in [0.15, 0.2) is 48.5 Å². The molecular weight excluding hydrogens is 328 g/mol. The Kier molecular flexibility index (Phi) is 4.16. The fraction of sp³-hybridized carbons (Fsp3) is 0.235. The van der Waals surface area contributed by atoms with E-state index in [0.29, 0.717) is 12.0 Å². The van der Waals surface area contributed by atoms with Crippen LogP contribution in [0.5, 0.6) is 0 Å². The van der Waals surface area contributed by atoms with Gasteiger partial charge in [0.25, 0.3) is 10.2 Å². The predicted molar refractivity (Wildman–Crippen MR) is 89.3 cm³/mol. The molecule has 0 aliphatic heterocycles. The first kappa shape index (κ1) is 16.6. The number of carbonyl (C=O) groups is 1. The zero-order valence-electron chi connectivity index (χ0n) is 13.2. The van der Waals surface area contributed by atoms with Gasteiger partial charge in [-0.25, -0.2) is 9.93 Å². The molecule has 0 amide bonds. The highest BCUT2D eigenvalue weighted by Gasteiger charge is 2.47. The van der Waals surface area contributed by atoms with Crippen LogP contribution in [0.4, 0.5) is 0 Å². The van der Waals surface area contributed by atoms with Crippen LogP contribution in [0.1, 0.15) is 22.3 Å². The van der Waals surface area contributed by atoms with Crippen LogP contribution in [0.25, 0.3) is 0 Å². The summed E-state index contributed by atoms with van der Waals surface area (Å²) < 4.78 is 30.9. The van der Waals surface area contributed by atoms with Gasteiger partial charge in [-0.1, -0.05) is 48.5 Å². The molecule has 1 unspecified atom stereocenters. The van der Waals surface area contributed by atoms with E-state index in [1.165, 1.54) is 7.11 Å².